The van der Waals surface area contributed by atoms with Crippen LogP contribution in [0.3, 0.4) is 0 Å². The molecule has 0 aromatic heterocycles. The summed E-state index contributed by atoms with van der Waals surface area (Å²) < 4.78 is 0. The standard InChI is InChI=1S/C22H36N2O/c1-21(2,3)18-12-10-17(11-13-18)8-6-7-9-20(25)24-15-14-19(23)22(4,5)16-24/h10-13,19H,6-9,14-16,23H2,1-5H3. The Kier molecular flexibility index (Phi) is 6.31. The molecular formula is C22H36N2O. The summed E-state index contributed by atoms with van der Waals surface area (Å²) in [4.78, 5) is 14.5. The lowest BCUT2D eigenvalue weighted by Gasteiger charge is -2.42. The summed E-state index contributed by atoms with van der Waals surface area (Å²) in [5, 5.41) is 0. The SMILES string of the molecule is CC(C)(C)c1ccc(CCCCC(=O)N2CCC(N)C(C)(C)C2)cc1. The number of aryl methyl sites for hydroxylation is 1. The molecule has 1 aliphatic heterocycles. The molecule has 1 aromatic rings. The summed E-state index contributed by atoms with van der Waals surface area (Å²) in [6, 6.07) is 9.14. The smallest absolute Gasteiger partial charge is 0.222 e. The molecule has 1 atom stereocenters. The molecule has 3 nitrogen and oxygen atoms in total. The first kappa shape index (κ1) is 20.0. The molecule has 3 heteroatoms. The van der Waals surface area contributed by atoms with Gasteiger partial charge in [-0.15, -0.1) is 0 Å². The second-order valence-corrected chi connectivity index (χ2v) is 9.35. The normalized spacial score (nSPS) is 20.6. The highest BCUT2D eigenvalue weighted by Crippen LogP contribution is 2.28. The average Bonchev–Trinajstić information content (AvgIpc) is 2.53. The molecule has 0 spiro atoms. The van der Waals surface area contributed by atoms with Crippen LogP contribution in [-0.4, -0.2) is 29.9 Å². The lowest BCUT2D eigenvalue weighted by molar-refractivity contribution is -0.134. The van der Waals surface area contributed by atoms with E-state index in [1.165, 1.54) is 11.1 Å². The van der Waals surface area contributed by atoms with E-state index in [-0.39, 0.29) is 16.9 Å². The van der Waals surface area contributed by atoms with Crippen LogP contribution >= 0.6 is 0 Å². The zero-order valence-corrected chi connectivity index (χ0v) is 16.8. The maximum Gasteiger partial charge on any atom is 0.222 e. The first-order chi connectivity index (χ1) is 11.6. The van der Waals surface area contributed by atoms with Crippen LogP contribution in [0.1, 0.15) is 71.4 Å². The Morgan fingerprint density at radius 2 is 1.84 bits per heavy atom. The van der Waals surface area contributed by atoms with E-state index in [9.17, 15) is 4.79 Å². The van der Waals surface area contributed by atoms with Crippen molar-refractivity contribution in [1.82, 2.24) is 4.90 Å². The number of nitrogens with two attached hydrogens (primary N) is 1. The number of hydrogen-bond donors (Lipinski definition) is 1. The molecule has 1 aromatic carbocycles. The predicted octanol–water partition coefficient (Wildman–Crippen LogP) is 4.28. The van der Waals surface area contributed by atoms with Crippen LogP contribution in [0.25, 0.3) is 0 Å². The van der Waals surface area contributed by atoms with Crippen molar-refractivity contribution in [2.24, 2.45) is 11.1 Å². The van der Waals surface area contributed by atoms with Gasteiger partial charge in [0.25, 0.3) is 0 Å². The van der Waals surface area contributed by atoms with E-state index < -0.39 is 0 Å². The van der Waals surface area contributed by atoms with E-state index >= 15 is 0 Å². The van der Waals surface area contributed by atoms with Crippen LogP contribution in [0.15, 0.2) is 24.3 Å². The van der Waals surface area contributed by atoms with Crippen LogP contribution in [0.2, 0.25) is 0 Å². The van der Waals surface area contributed by atoms with Crippen molar-refractivity contribution in [2.75, 3.05) is 13.1 Å². The summed E-state index contributed by atoms with van der Waals surface area (Å²) in [6.45, 7) is 12.7. The summed E-state index contributed by atoms with van der Waals surface area (Å²) in [5.41, 5.74) is 9.13. The highest BCUT2D eigenvalue weighted by atomic mass is 16.2. The Balaban J connectivity index is 1.73. The Bertz CT molecular complexity index is 569. The fourth-order valence-electron chi connectivity index (χ4n) is 3.52. The molecule has 1 saturated heterocycles. The summed E-state index contributed by atoms with van der Waals surface area (Å²) in [6.07, 6.45) is 4.65. The van der Waals surface area contributed by atoms with E-state index in [1.54, 1.807) is 0 Å². The van der Waals surface area contributed by atoms with E-state index in [0.29, 0.717) is 12.3 Å². The van der Waals surface area contributed by atoms with Crippen molar-refractivity contribution >= 4 is 5.91 Å². The van der Waals surface area contributed by atoms with E-state index in [1.807, 2.05) is 4.90 Å². The monoisotopic (exact) mass is 344 g/mol. The molecule has 140 valence electrons. The number of rotatable bonds is 5. The van der Waals surface area contributed by atoms with Crippen LogP contribution in [-0.2, 0) is 16.6 Å². The Morgan fingerprint density at radius 3 is 2.40 bits per heavy atom. The van der Waals surface area contributed by atoms with E-state index in [4.69, 9.17) is 5.73 Å². The molecule has 1 amide bonds. The van der Waals surface area contributed by atoms with Crippen molar-refractivity contribution in [3.05, 3.63) is 35.4 Å². The van der Waals surface area contributed by atoms with Crippen LogP contribution in [0.5, 0.6) is 0 Å². The van der Waals surface area contributed by atoms with E-state index in [0.717, 1.165) is 38.8 Å². The molecule has 1 heterocycles. The average molecular weight is 345 g/mol. The minimum Gasteiger partial charge on any atom is -0.342 e. The molecule has 25 heavy (non-hydrogen) atoms. The second kappa shape index (κ2) is 7.90. The molecule has 0 saturated carbocycles. The van der Waals surface area contributed by atoms with Gasteiger partial charge in [0.15, 0.2) is 0 Å². The van der Waals surface area contributed by atoms with Gasteiger partial charge in [0, 0.05) is 25.6 Å². The van der Waals surface area contributed by atoms with Gasteiger partial charge in [-0.1, -0.05) is 58.9 Å². The van der Waals surface area contributed by atoms with Crippen LogP contribution < -0.4 is 5.73 Å². The molecule has 1 unspecified atom stereocenters. The van der Waals surface area contributed by atoms with Crippen molar-refractivity contribution in [3.8, 4) is 0 Å². The largest absolute Gasteiger partial charge is 0.342 e. The number of carbonyl (C=O) groups excluding carboxylic acids is 1. The third-order valence-electron chi connectivity index (χ3n) is 5.59. The molecule has 0 bridgehead atoms. The molecule has 0 radical (unpaired) electrons. The molecule has 1 fully saturated rings. The fraction of sp³-hybridized carbons (Fsp3) is 0.682. The Morgan fingerprint density at radius 1 is 1.20 bits per heavy atom. The molecule has 0 aliphatic carbocycles. The molecule has 2 rings (SSSR count). The summed E-state index contributed by atoms with van der Waals surface area (Å²) in [5.74, 6) is 0.294. The Labute approximate surface area is 154 Å². The van der Waals surface area contributed by atoms with Gasteiger partial charge in [0.2, 0.25) is 5.91 Å². The summed E-state index contributed by atoms with van der Waals surface area (Å²) >= 11 is 0. The zero-order valence-electron chi connectivity index (χ0n) is 16.8. The van der Waals surface area contributed by atoms with Gasteiger partial charge in [0.05, 0.1) is 0 Å². The fourth-order valence-corrected chi connectivity index (χ4v) is 3.52. The minimum absolute atomic E-state index is 0.0305. The van der Waals surface area contributed by atoms with Crippen molar-refractivity contribution in [2.45, 2.75) is 78.2 Å². The van der Waals surface area contributed by atoms with Gasteiger partial charge in [-0.2, -0.15) is 0 Å². The lowest BCUT2D eigenvalue weighted by atomic mass is 9.79. The minimum atomic E-state index is 0.0305. The van der Waals surface area contributed by atoms with Gasteiger partial charge >= 0.3 is 0 Å². The third kappa shape index (κ3) is 5.57. The van der Waals surface area contributed by atoms with Crippen LogP contribution in [0, 0.1) is 5.41 Å². The predicted molar refractivity (Wildman–Crippen MR) is 106 cm³/mol. The van der Waals surface area contributed by atoms with Gasteiger partial charge in [-0.3, -0.25) is 4.79 Å². The van der Waals surface area contributed by atoms with Crippen LogP contribution in [0.4, 0.5) is 0 Å². The number of benzene rings is 1. The van der Waals surface area contributed by atoms with Gasteiger partial charge in [-0.25, -0.2) is 0 Å². The highest BCUT2D eigenvalue weighted by molar-refractivity contribution is 5.76. The number of amides is 1. The highest BCUT2D eigenvalue weighted by Gasteiger charge is 2.34. The zero-order chi connectivity index (χ0) is 18.7. The number of unbranched alkanes of at least 4 members (excludes halogenated alkanes) is 1. The number of hydrogen-bond acceptors (Lipinski definition) is 2. The van der Waals surface area contributed by atoms with Crippen molar-refractivity contribution < 1.29 is 4.79 Å². The molecule has 1 aliphatic rings. The lowest BCUT2D eigenvalue weighted by Crippen LogP contribution is -2.53. The quantitative estimate of drug-likeness (QED) is 0.810. The number of carbonyl (C=O) groups is 1. The first-order valence-corrected chi connectivity index (χ1v) is 9.72. The molecular weight excluding hydrogens is 308 g/mol. The summed E-state index contributed by atoms with van der Waals surface area (Å²) in [7, 11) is 0. The van der Waals surface area contributed by atoms with E-state index in [2.05, 4.69) is 58.9 Å². The first-order valence-electron chi connectivity index (χ1n) is 9.72. The topological polar surface area (TPSA) is 46.3 Å². The third-order valence-corrected chi connectivity index (χ3v) is 5.59. The van der Waals surface area contributed by atoms with Gasteiger partial charge in [-0.05, 0) is 47.6 Å². The maximum absolute atomic E-state index is 12.4. The number of piperidine rings is 1. The molecule has 2 N–H and O–H groups in total. The van der Waals surface area contributed by atoms with Crippen molar-refractivity contribution in [1.29, 1.82) is 0 Å². The van der Waals surface area contributed by atoms with Gasteiger partial charge < -0.3 is 10.6 Å². The Hall–Kier alpha value is -1.35. The number of likely N-dealkylation sites (tertiary alicyclic amines) is 1. The van der Waals surface area contributed by atoms with Crippen molar-refractivity contribution in [3.63, 3.8) is 0 Å². The second-order valence-electron chi connectivity index (χ2n) is 9.35. The van der Waals surface area contributed by atoms with Gasteiger partial charge in [0.1, 0.15) is 0 Å². The number of nitrogens with zero attached hydrogens (tertiary/aromatic N) is 1. The maximum atomic E-state index is 12.4.